The van der Waals surface area contributed by atoms with Crippen LogP contribution in [0.5, 0.6) is 5.75 Å². The Labute approximate surface area is 173 Å². The Morgan fingerprint density at radius 3 is 1.79 bits per heavy atom. The van der Waals surface area contributed by atoms with Crippen molar-refractivity contribution >= 4 is 0 Å². The fourth-order valence-corrected chi connectivity index (χ4v) is 3.60. The molecule has 0 aliphatic heterocycles. The molecule has 0 radical (unpaired) electrons. The molecule has 1 atom stereocenters. The minimum atomic E-state index is -0.311. The zero-order valence-electron chi connectivity index (χ0n) is 18.5. The molecule has 3 nitrogen and oxygen atoms in total. The number of para-hydroxylation sites is 1. The molecular weight excluding hydrogens is 348 g/mol. The lowest BCUT2D eigenvalue weighted by Crippen LogP contribution is -2.16. The molecular formula is C25H44O3. The molecule has 3 heteroatoms. The van der Waals surface area contributed by atoms with Crippen LogP contribution in [0.25, 0.3) is 0 Å². The van der Waals surface area contributed by atoms with Crippen LogP contribution in [0.3, 0.4) is 0 Å². The Kier molecular flexibility index (Phi) is 16.1. The van der Waals surface area contributed by atoms with Crippen LogP contribution >= 0.6 is 0 Å². The summed E-state index contributed by atoms with van der Waals surface area (Å²) in [5, 5.41) is 8.65. The maximum atomic E-state index is 8.65. The van der Waals surface area contributed by atoms with Crippen LogP contribution in [-0.2, 0) is 11.3 Å². The summed E-state index contributed by atoms with van der Waals surface area (Å²) < 4.78 is 5.77. The smallest absolute Gasteiger partial charge is 0.124 e. The van der Waals surface area contributed by atoms with Crippen LogP contribution in [0.15, 0.2) is 24.3 Å². The second-order valence-electron chi connectivity index (χ2n) is 8.18. The zero-order chi connectivity index (χ0) is 20.3. The lowest BCUT2D eigenvalue weighted by atomic mass is 10.0. The minimum absolute atomic E-state index is 0.311. The summed E-state index contributed by atoms with van der Waals surface area (Å²) in [4.78, 5) is 4.27. The van der Waals surface area contributed by atoms with Gasteiger partial charge in [0.25, 0.3) is 0 Å². The topological polar surface area (TPSA) is 38.7 Å². The third-order valence-electron chi connectivity index (χ3n) is 5.43. The van der Waals surface area contributed by atoms with Crippen LogP contribution in [0.1, 0.15) is 109 Å². The minimum Gasteiger partial charge on any atom is -0.490 e. The maximum absolute atomic E-state index is 8.65. The summed E-state index contributed by atoms with van der Waals surface area (Å²) in [5.41, 5.74) is 1.26. The predicted molar refractivity (Wildman–Crippen MR) is 119 cm³/mol. The fourth-order valence-electron chi connectivity index (χ4n) is 3.60. The highest BCUT2D eigenvalue weighted by Crippen LogP contribution is 2.21. The van der Waals surface area contributed by atoms with E-state index in [9.17, 15) is 0 Å². The zero-order valence-corrected chi connectivity index (χ0v) is 18.5. The van der Waals surface area contributed by atoms with Crippen molar-refractivity contribution in [3.8, 4) is 5.75 Å². The van der Waals surface area contributed by atoms with Gasteiger partial charge in [-0.3, -0.25) is 5.26 Å². The molecule has 0 amide bonds. The molecule has 0 saturated carbocycles. The second kappa shape index (κ2) is 18.0. The van der Waals surface area contributed by atoms with Crippen molar-refractivity contribution in [3.63, 3.8) is 0 Å². The number of benzene rings is 1. The molecule has 1 N–H and O–H groups in total. The summed E-state index contributed by atoms with van der Waals surface area (Å²) >= 11 is 0. The third kappa shape index (κ3) is 13.2. The molecule has 0 aliphatic rings. The van der Waals surface area contributed by atoms with Gasteiger partial charge in [-0.05, 0) is 31.4 Å². The van der Waals surface area contributed by atoms with Gasteiger partial charge in [-0.2, -0.15) is 0 Å². The Morgan fingerprint density at radius 2 is 1.25 bits per heavy atom. The van der Waals surface area contributed by atoms with E-state index in [2.05, 4.69) is 23.9 Å². The number of hydrogen-bond donors (Lipinski definition) is 1. The van der Waals surface area contributed by atoms with Crippen LogP contribution < -0.4 is 4.74 Å². The first-order chi connectivity index (χ1) is 13.8. The molecule has 0 saturated heterocycles. The van der Waals surface area contributed by atoms with E-state index in [1.807, 2.05) is 12.1 Å². The Bertz CT molecular complexity index is 461. The van der Waals surface area contributed by atoms with E-state index in [-0.39, 0.29) is 6.10 Å². The van der Waals surface area contributed by atoms with Crippen LogP contribution in [0.2, 0.25) is 0 Å². The normalized spacial score (nSPS) is 12.2. The maximum Gasteiger partial charge on any atom is 0.124 e. The van der Waals surface area contributed by atoms with Gasteiger partial charge in [0.2, 0.25) is 0 Å². The van der Waals surface area contributed by atoms with Crippen LogP contribution in [0.4, 0.5) is 0 Å². The largest absolute Gasteiger partial charge is 0.490 e. The van der Waals surface area contributed by atoms with Crippen molar-refractivity contribution in [2.45, 2.75) is 116 Å². The molecule has 1 aromatic rings. The van der Waals surface area contributed by atoms with Gasteiger partial charge in [0.05, 0.1) is 0 Å². The Morgan fingerprint density at radius 1 is 0.750 bits per heavy atom. The monoisotopic (exact) mass is 392 g/mol. The van der Waals surface area contributed by atoms with Gasteiger partial charge in [-0.15, -0.1) is 0 Å². The molecule has 0 aliphatic carbocycles. The van der Waals surface area contributed by atoms with Gasteiger partial charge in [-0.1, -0.05) is 109 Å². The quantitative estimate of drug-likeness (QED) is 0.147. The molecule has 28 heavy (non-hydrogen) atoms. The first-order valence-corrected chi connectivity index (χ1v) is 11.8. The molecule has 0 fully saturated rings. The second-order valence-corrected chi connectivity index (χ2v) is 8.18. The fraction of sp³-hybridized carbons (Fsp3) is 0.760. The van der Waals surface area contributed by atoms with E-state index in [0.29, 0.717) is 6.61 Å². The molecule has 0 heterocycles. The molecule has 0 spiro atoms. The highest BCUT2D eigenvalue weighted by atomic mass is 17.1. The molecule has 162 valence electrons. The number of rotatable bonds is 19. The molecule has 1 aromatic carbocycles. The van der Waals surface area contributed by atoms with Crippen molar-refractivity contribution in [1.82, 2.24) is 0 Å². The first-order valence-electron chi connectivity index (χ1n) is 11.8. The number of hydrogen-bond acceptors (Lipinski definition) is 3. The average Bonchev–Trinajstić information content (AvgIpc) is 2.72. The first kappa shape index (κ1) is 25.0. The van der Waals surface area contributed by atoms with Crippen molar-refractivity contribution in [3.05, 3.63) is 29.8 Å². The Hall–Kier alpha value is -1.06. The third-order valence-corrected chi connectivity index (χ3v) is 5.43. The number of unbranched alkanes of at least 4 members (excludes halogenated alkanes) is 13. The lowest BCUT2D eigenvalue weighted by molar-refractivity contribution is -0.278. The van der Waals surface area contributed by atoms with Gasteiger partial charge in [0, 0.05) is 0 Å². The van der Waals surface area contributed by atoms with E-state index in [4.69, 9.17) is 9.99 Å². The lowest BCUT2D eigenvalue weighted by Gasteiger charge is -2.13. The van der Waals surface area contributed by atoms with Crippen molar-refractivity contribution < 1.29 is 14.9 Å². The standard InChI is InChI=1S/C25H44O3/c1-3-4-5-6-7-8-9-10-11-12-13-14-15-16-19-24-20-17-18-21-25(24)27-22-23(2)28-26/h17-18,20-21,23,26H,3-16,19,22H2,1-2H3. The number of aryl methyl sites for hydroxylation is 1. The van der Waals surface area contributed by atoms with E-state index in [0.717, 1.165) is 12.2 Å². The van der Waals surface area contributed by atoms with Gasteiger partial charge in [0.15, 0.2) is 0 Å². The average molecular weight is 393 g/mol. The van der Waals surface area contributed by atoms with Crippen molar-refractivity contribution in [1.29, 1.82) is 0 Å². The van der Waals surface area contributed by atoms with Crippen molar-refractivity contribution in [2.24, 2.45) is 0 Å². The van der Waals surface area contributed by atoms with E-state index >= 15 is 0 Å². The van der Waals surface area contributed by atoms with E-state index in [1.165, 1.54) is 95.5 Å². The summed E-state index contributed by atoms with van der Waals surface area (Å²) in [7, 11) is 0. The summed E-state index contributed by atoms with van der Waals surface area (Å²) in [6.07, 6.45) is 20.2. The molecule has 0 bridgehead atoms. The van der Waals surface area contributed by atoms with Crippen molar-refractivity contribution in [2.75, 3.05) is 6.61 Å². The Balaban J connectivity index is 1.97. The van der Waals surface area contributed by atoms with Gasteiger partial charge < -0.3 is 4.74 Å². The summed E-state index contributed by atoms with van der Waals surface area (Å²) in [5.74, 6) is 0.918. The SMILES string of the molecule is CCCCCCCCCCCCCCCCc1ccccc1OCC(C)OO. The van der Waals surface area contributed by atoms with E-state index < -0.39 is 0 Å². The van der Waals surface area contributed by atoms with Gasteiger partial charge in [0.1, 0.15) is 18.5 Å². The molecule has 1 rings (SSSR count). The summed E-state index contributed by atoms with van der Waals surface area (Å²) in [6.45, 7) is 4.44. The van der Waals surface area contributed by atoms with E-state index in [1.54, 1.807) is 6.92 Å². The van der Waals surface area contributed by atoms with Gasteiger partial charge >= 0.3 is 0 Å². The summed E-state index contributed by atoms with van der Waals surface area (Å²) in [6, 6.07) is 8.21. The predicted octanol–water partition coefficient (Wildman–Crippen LogP) is 7.97. The highest BCUT2D eigenvalue weighted by Gasteiger charge is 2.06. The number of ether oxygens (including phenoxy) is 1. The molecule has 1 unspecified atom stereocenters. The van der Waals surface area contributed by atoms with Gasteiger partial charge in [-0.25, -0.2) is 4.89 Å². The highest BCUT2D eigenvalue weighted by molar-refractivity contribution is 5.33. The van der Waals surface area contributed by atoms with Crippen LogP contribution in [0, 0.1) is 0 Å². The van der Waals surface area contributed by atoms with Crippen LogP contribution in [-0.4, -0.2) is 18.0 Å². The molecule has 0 aromatic heterocycles.